The van der Waals surface area contributed by atoms with Gasteiger partial charge in [0.25, 0.3) is 0 Å². The van der Waals surface area contributed by atoms with Crippen molar-refractivity contribution in [1.82, 2.24) is 4.90 Å². The molecule has 2 aromatic rings. The number of hydrogen-bond acceptors (Lipinski definition) is 4. The Morgan fingerprint density at radius 2 is 1.89 bits per heavy atom. The quantitative estimate of drug-likeness (QED) is 0.809. The molecule has 0 amide bonds. The molecule has 1 saturated heterocycles. The second-order valence-electron chi connectivity index (χ2n) is 7.38. The summed E-state index contributed by atoms with van der Waals surface area (Å²) >= 11 is 0. The Kier molecular flexibility index (Phi) is 4.87. The maximum absolute atomic E-state index is 13.1. The van der Waals surface area contributed by atoms with Gasteiger partial charge in [-0.2, -0.15) is 0 Å². The van der Waals surface area contributed by atoms with Crippen molar-refractivity contribution in [2.45, 2.75) is 38.3 Å². The van der Waals surface area contributed by atoms with Crippen molar-refractivity contribution in [1.29, 1.82) is 0 Å². The lowest BCUT2D eigenvalue weighted by Crippen LogP contribution is -2.50. The molecule has 4 nitrogen and oxygen atoms in total. The van der Waals surface area contributed by atoms with Gasteiger partial charge in [-0.3, -0.25) is 9.69 Å². The van der Waals surface area contributed by atoms with E-state index in [0.717, 1.165) is 43.8 Å². The molecule has 2 aliphatic rings. The third-order valence-electron chi connectivity index (χ3n) is 5.46. The van der Waals surface area contributed by atoms with Gasteiger partial charge in [0.15, 0.2) is 5.78 Å². The number of carbonyl (C=O) groups is 1. The van der Waals surface area contributed by atoms with Crippen LogP contribution in [0.15, 0.2) is 42.5 Å². The molecular formula is C22H24FNO3. The van der Waals surface area contributed by atoms with Crippen molar-refractivity contribution >= 4 is 5.78 Å². The first kappa shape index (κ1) is 18.0. The van der Waals surface area contributed by atoms with Crippen LogP contribution in [0, 0.1) is 5.82 Å². The zero-order valence-corrected chi connectivity index (χ0v) is 15.5. The number of fused-ring (bicyclic) bond motifs is 1. The SMILES string of the molecule is CCOc1ccc2c(c1)OC1(CCN(Cc3ccc(F)cc3)CC1)CC2=O. The standard InChI is InChI=1S/C22H24FNO3/c1-2-26-18-7-8-19-20(25)14-22(27-21(19)13-18)9-11-24(12-10-22)15-16-3-5-17(23)6-4-16/h3-8,13H,2,9-12,14-15H2,1H3. The molecule has 1 fully saturated rings. The summed E-state index contributed by atoms with van der Waals surface area (Å²) in [5.74, 6) is 1.31. The van der Waals surface area contributed by atoms with Crippen LogP contribution in [0.4, 0.5) is 4.39 Å². The van der Waals surface area contributed by atoms with E-state index >= 15 is 0 Å². The van der Waals surface area contributed by atoms with Gasteiger partial charge in [-0.1, -0.05) is 12.1 Å². The first-order valence-electron chi connectivity index (χ1n) is 9.53. The molecule has 27 heavy (non-hydrogen) atoms. The van der Waals surface area contributed by atoms with Crippen LogP contribution in [0.25, 0.3) is 0 Å². The van der Waals surface area contributed by atoms with Crippen LogP contribution < -0.4 is 9.47 Å². The lowest BCUT2D eigenvalue weighted by molar-refractivity contribution is -0.0109. The van der Waals surface area contributed by atoms with Crippen molar-refractivity contribution in [3.8, 4) is 11.5 Å². The number of piperidine rings is 1. The molecule has 0 atom stereocenters. The molecule has 0 unspecified atom stereocenters. The number of halogens is 1. The smallest absolute Gasteiger partial charge is 0.170 e. The van der Waals surface area contributed by atoms with Gasteiger partial charge in [0.2, 0.25) is 0 Å². The molecule has 0 aliphatic carbocycles. The monoisotopic (exact) mass is 369 g/mol. The number of benzene rings is 2. The lowest BCUT2D eigenvalue weighted by atomic mass is 9.82. The first-order chi connectivity index (χ1) is 13.1. The fraction of sp³-hybridized carbons (Fsp3) is 0.409. The van der Waals surface area contributed by atoms with Crippen LogP contribution >= 0.6 is 0 Å². The molecule has 0 saturated carbocycles. The van der Waals surface area contributed by atoms with E-state index in [2.05, 4.69) is 4.90 Å². The van der Waals surface area contributed by atoms with Gasteiger partial charge in [-0.15, -0.1) is 0 Å². The fourth-order valence-electron chi connectivity index (χ4n) is 3.98. The van der Waals surface area contributed by atoms with E-state index in [0.29, 0.717) is 24.3 Å². The third-order valence-corrected chi connectivity index (χ3v) is 5.46. The number of nitrogens with zero attached hydrogens (tertiary/aromatic N) is 1. The summed E-state index contributed by atoms with van der Waals surface area (Å²) in [6, 6.07) is 12.1. The van der Waals surface area contributed by atoms with E-state index in [1.807, 2.05) is 31.2 Å². The van der Waals surface area contributed by atoms with Crippen LogP contribution in [-0.2, 0) is 6.54 Å². The molecule has 4 rings (SSSR count). The van der Waals surface area contributed by atoms with Crippen molar-refractivity contribution in [3.63, 3.8) is 0 Å². The summed E-state index contributed by atoms with van der Waals surface area (Å²) in [5, 5.41) is 0. The summed E-state index contributed by atoms with van der Waals surface area (Å²) in [5.41, 5.74) is 1.33. The minimum atomic E-state index is -0.422. The highest BCUT2D eigenvalue weighted by atomic mass is 19.1. The van der Waals surface area contributed by atoms with Gasteiger partial charge in [0, 0.05) is 38.5 Å². The van der Waals surface area contributed by atoms with Crippen LogP contribution in [0.1, 0.15) is 42.1 Å². The van der Waals surface area contributed by atoms with Gasteiger partial charge < -0.3 is 9.47 Å². The molecule has 5 heteroatoms. The number of Topliss-reactive ketones (excluding diaryl/α,β-unsaturated/α-hetero) is 1. The van der Waals surface area contributed by atoms with Crippen molar-refractivity contribution in [3.05, 3.63) is 59.4 Å². The number of carbonyl (C=O) groups excluding carboxylic acids is 1. The summed E-state index contributed by atoms with van der Waals surface area (Å²) in [6.45, 7) is 5.01. The van der Waals surface area contributed by atoms with E-state index < -0.39 is 5.60 Å². The second kappa shape index (κ2) is 7.31. The maximum Gasteiger partial charge on any atom is 0.170 e. The Morgan fingerprint density at radius 3 is 2.59 bits per heavy atom. The summed E-state index contributed by atoms with van der Waals surface area (Å²) in [6.07, 6.45) is 2.04. The average molecular weight is 369 g/mol. The highest BCUT2D eigenvalue weighted by molar-refractivity contribution is 6.00. The van der Waals surface area contributed by atoms with E-state index in [9.17, 15) is 9.18 Å². The summed E-state index contributed by atoms with van der Waals surface area (Å²) in [7, 11) is 0. The van der Waals surface area contributed by atoms with Crippen molar-refractivity contribution in [2.75, 3.05) is 19.7 Å². The topological polar surface area (TPSA) is 38.8 Å². The highest BCUT2D eigenvalue weighted by Crippen LogP contribution is 2.41. The average Bonchev–Trinajstić information content (AvgIpc) is 2.66. The molecule has 2 aromatic carbocycles. The molecule has 0 radical (unpaired) electrons. The number of ketones is 1. The van der Waals surface area contributed by atoms with Crippen LogP contribution in [0.3, 0.4) is 0 Å². The maximum atomic E-state index is 13.1. The summed E-state index contributed by atoms with van der Waals surface area (Å²) in [4.78, 5) is 15.0. The zero-order chi connectivity index (χ0) is 18.9. The number of rotatable bonds is 4. The Morgan fingerprint density at radius 1 is 1.15 bits per heavy atom. The Bertz CT molecular complexity index is 826. The predicted molar refractivity (Wildman–Crippen MR) is 101 cm³/mol. The van der Waals surface area contributed by atoms with Gasteiger partial charge in [-0.05, 0) is 36.8 Å². The normalized spacial score (nSPS) is 18.8. The van der Waals surface area contributed by atoms with Gasteiger partial charge in [0.05, 0.1) is 18.6 Å². The van der Waals surface area contributed by atoms with E-state index in [1.165, 1.54) is 12.1 Å². The Balaban J connectivity index is 1.44. The van der Waals surface area contributed by atoms with Crippen molar-refractivity contribution < 1.29 is 18.7 Å². The zero-order valence-electron chi connectivity index (χ0n) is 15.5. The molecule has 2 aliphatic heterocycles. The molecule has 0 bridgehead atoms. The third kappa shape index (κ3) is 3.83. The van der Waals surface area contributed by atoms with Gasteiger partial charge in [0.1, 0.15) is 22.9 Å². The number of ether oxygens (including phenoxy) is 2. The Hall–Kier alpha value is -2.40. The van der Waals surface area contributed by atoms with Crippen molar-refractivity contribution in [2.24, 2.45) is 0 Å². The van der Waals surface area contributed by atoms with Crippen LogP contribution in [0.2, 0.25) is 0 Å². The largest absolute Gasteiger partial charge is 0.494 e. The van der Waals surface area contributed by atoms with Gasteiger partial charge >= 0.3 is 0 Å². The molecule has 142 valence electrons. The number of likely N-dealkylation sites (tertiary alicyclic amines) is 1. The molecule has 0 aromatic heterocycles. The van der Waals surface area contributed by atoms with Crippen LogP contribution in [0.5, 0.6) is 11.5 Å². The van der Waals surface area contributed by atoms with E-state index in [4.69, 9.17) is 9.47 Å². The molecule has 0 N–H and O–H groups in total. The fourth-order valence-corrected chi connectivity index (χ4v) is 3.98. The predicted octanol–water partition coefficient (Wildman–Crippen LogP) is 4.22. The molecule has 2 heterocycles. The highest BCUT2D eigenvalue weighted by Gasteiger charge is 2.43. The van der Waals surface area contributed by atoms with E-state index in [-0.39, 0.29) is 11.6 Å². The van der Waals surface area contributed by atoms with Crippen LogP contribution in [-0.4, -0.2) is 36.0 Å². The minimum absolute atomic E-state index is 0.145. The molecule has 1 spiro atoms. The lowest BCUT2D eigenvalue weighted by Gasteiger charge is -2.44. The Labute approximate surface area is 158 Å². The van der Waals surface area contributed by atoms with E-state index in [1.54, 1.807) is 6.07 Å². The van der Waals surface area contributed by atoms with Gasteiger partial charge in [-0.25, -0.2) is 4.39 Å². The minimum Gasteiger partial charge on any atom is -0.494 e. The second-order valence-corrected chi connectivity index (χ2v) is 7.38. The first-order valence-corrected chi connectivity index (χ1v) is 9.53. The molecular weight excluding hydrogens is 345 g/mol. The number of hydrogen-bond donors (Lipinski definition) is 0. The summed E-state index contributed by atoms with van der Waals surface area (Å²) < 4.78 is 25.0.